The monoisotopic (exact) mass is 249 g/mol. The van der Waals surface area contributed by atoms with Crippen LogP contribution in [-0.4, -0.2) is 30.7 Å². The van der Waals surface area contributed by atoms with Gasteiger partial charge in [0.2, 0.25) is 0 Å². The molecule has 0 saturated heterocycles. The van der Waals surface area contributed by atoms with Crippen LogP contribution in [0.2, 0.25) is 0 Å². The van der Waals surface area contributed by atoms with Crippen molar-refractivity contribution in [1.82, 2.24) is 0 Å². The minimum atomic E-state index is -3.20. The van der Waals surface area contributed by atoms with Crippen molar-refractivity contribution in [1.29, 1.82) is 0 Å². The van der Waals surface area contributed by atoms with E-state index in [1.54, 1.807) is 20.8 Å². The molecule has 0 fully saturated rings. The van der Waals surface area contributed by atoms with E-state index in [0.717, 1.165) is 6.42 Å². The Labute approximate surface area is 98.5 Å². The van der Waals surface area contributed by atoms with Crippen molar-refractivity contribution in [2.75, 3.05) is 5.75 Å². The first-order valence-electron chi connectivity index (χ1n) is 5.59. The minimum absolute atomic E-state index is 0.0674. The first-order chi connectivity index (χ1) is 7.10. The molecule has 0 aromatic heterocycles. The summed E-state index contributed by atoms with van der Waals surface area (Å²) >= 11 is 0. The Morgan fingerprint density at radius 3 is 2.19 bits per heavy atom. The highest BCUT2D eigenvalue weighted by atomic mass is 32.2. The number of rotatable bonds is 6. The Bertz CT molecular complexity index is 328. The molecule has 2 N–H and O–H groups in total. The number of ketones is 1. The average Bonchev–Trinajstić information content (AvgIpc) is 2.13. The second kappa shape index (κ2) is 5.77. The lowest BCUT2D eigenvalue weighted by molar-refractivity contribution is -0.119. The fraction of sp³-hybridized carbons (Fsp3) is 0.909. The van der Waals surface area contributed by atoms with E-state index < -0.39 is 14.6 Å². The summed E-state index contributed by atoms with van der Waals surface area (Å²) in [6, 6.07) is -0.148. The van der Waals surface area contributed by atoms with Gasteiger partial charge in [0, 0.05) is 18.9 Å². The summed E-state index contributed by atoms with van der Waals surface area (Å²) in [4.78, 5) is 11.4. The fourth-order valence-electron chi connectivity index (χ4n) is 1.09. The Morgan fingerprint density at radius 2 is 1.81 bits per heavy atom. The zero-order valence-corrected chi connectivity index (χ0v) is 11.4. The summed E-state index contributed by atoms with van der Waals surface area (Å²) in [5.41, 5.74) is 5.63. The van der Waals surface area contributed by atoms with Gasteiger partial charge in [0.25, 0.3) is 0 Å². The van der Waals surface area contributed by atoms with Gasteiger partial charge < -0.3 is 5.73 Å². The number of sulfone groups is 1. The van der Waals surface area contributed by atoms with Gasteiger partial charge in [0.1, 0.15) is 5.78 Å². The third kappa shape index (κ3) is 5.07. The lowest BCUT2D eigenvalue weighted by Crippen LogP contribution is -2.32. The largest absolute Gasteiger partial charge is 0.327 e. The molecule has 0 aromatic rings. The predicted molar refractivity (Wildman–Crippen MR) is 66.0 cm³/mol. The predicted octanol–water partition coefficient (Wildman–Crippen LogP) is 1.29. The molecule has 1 atom stereocenters. The Kier molecular flexibility index (Phi) is 5.62. The SMILES string of the molecule is CCC(N)CC(=O)CCS(=O)(=O)C(C)(C)C. The van der Waals surface area contributed by atoms with Crippen LogP contribution < -0.4 is 5.73 Å². The van der Waals surface area contributed by atoms with Gasteiger partial charge in [-0.2, -0.15) is 0 Å². The van der Waals surface area contributed by atoms with Gasteiger partial charge in [-0.25, -0.2) is 8.42 Å². The average molecular weight is 249 g/mol. The zero-order chi connectivity index (χ0) is 13.0. The molecule has 0 radical (unpaired) electrons. The van der Waals surface area contributed by atoms with Gasteiger partial charge in [-0.15, -0.1) is 0 Å². The number of Topliss-reactive ketones (excluding diaryl/α,β-unsaturated/α-hetero) is 1. The molecule has 0 rings (SSSR count). The highest BCUT2D eigenvalue weighted by Gasteiger charge is 2.29. The van der Waals surface area contributed by atoms with E-state index in [1.165, 1.54) is 0 Å². The van der Waals surface area contributed by atoms with E-state index in [1.807, 2.05) is 6.92 Å². The molecule has 0 aliphatic heterocycles. The van der Waals surface area contributed by atoms with Crippen LogP contribution in [0.4, 0.5) is 0 Å². The summed E-state index contributed by atoms with van der Waals surface area (Å²) in [5.74, 6) is -0.145. The number of nitrogens with two attached hydrogens (primary N) is 1. The first-order valence-corrected chi connectivity index (χ1v) is 7.25. The van der Waals surface area contributed by atoms with E-state index in [4.69, 9.17) is 5.73 Å². The molecule has 0 aromatic carbocycles. The van der Waals surface area contributed by atoms with Crippen molar-refractivity contribution in [3.8, 4) is 0 Å². The summed E-state index contributed by atoms with van der Waals surface area (Å²) in [5, 5.41) is 0. The molecule has 96 valence electrons. The van der Waals surface area contributed by atoms with Crippen LogP contribution in [0.15, 0.2) is 0 Å². The smallest absolute Gasteiger partial charge is 0.155 e. The molecule has 1 unspecified atom stereocenters. The van der Waals surface area contributed by atoms with Crippen molar-refractivity contribution in [3.05, 3.63) is 0 Å². The van der Waals surface area contributed by atoms with Crippen LogP contribution in [0.5, 0.6) is 0 Å². The van der Waals surface area contributed by atoms with Crippen LogP contribution in [0, 0.1) is 0 Å². The van der Waals surface area contributed by atoms with Crippen LogP contribution in [0.3, 0.4) is 0 Å². The molecule has 4 nitrogen and oxygen atoms in total. The number of carbonyl (C=O) groups excluding carboxylic acids is 1. The van der Waals surface area contributed by atoms with Gasteiger partial charge in [0.05, 0.1) is 10.5 Å². The Hall–Kier alpha value is -0.420. The van der Waals surface area contributed by atoms with Gasteiger partial charge in [-0.05, 0) is 27.2 Å². The molecule has 16 heavy (non-hydrogen) atoms. The van der Waals surface area contributed by atoms with Gasteiger partial charge in [0.15, 0.2) is 9.84 Å². The minimum Gasteiger partial charge on any atom is -0.327 e. The second-order valence-corrected chi connectivity index (χ2v) is 7.95. The zero-order valence-electron chi connectivity index (χ0n) is 10.6. The highest BCUT2D eigenvalue weighted by Crippen LogP contribution is 2.17. The number of hydrogen-bond donors (Lipinski definition) is 1. The number of hydrogen-bond acceptors (Lipinski definition) is 4. The summed E-state index contributed by atoms with van der Waals surface area (Å²) in [6.45, 7) is 6.84. The van der Waals surface area contributed by atoms with E-state index in [2.05, 4.69) is 0 Å². The molecule has 0 spiro atoms. The summed E-state index contributed by atoms with van der Waals surface area (Å²) < 4.78 is 22.7. The fourth-order valence-corrected chi connectivity index (χ4v) is 2.20. The maximum atomic E-state index is 11.7. The molecule has 0 bridgehead atoms. The maximum absolute atomic E-state index is 11.7. The van der Waals surface area contributed by atoms with Gasteiger partial charge in [-0.3, -0.25) is 4.79 Å². The van der Waals surface area contributed by atoms with Crippen LogP contribution in [-0.2, 0) is 14.6 Å². The van der Waals surface area contributed by atoms with Crippen molar-refractivity contribution < 1.29 is 13.2 Å². The van der Waals surface area contributed by atoms with Gasteiger partial charge in [-0.1, -0.05) is 6.92 Å². The van der Waals surface area contributed by atoms with Crippen molar-refractivity contribution >= 4 is 15.6 Å². The van der Waals surface area contributed by atoms with Gasteiger partial charge >= 0.3 is 0 Å². The lowest BCUT2D eigenvalue weighted by atomic mass is 10.1. The quantitative estimate of drug-likeness (QED) is 0.769. The summed E-state index contributed by atoms with van der Waals surface area (Å²) in [6.07, 6.45) is 1.08. The second-order valence-electron chi connectivity index (χ2n) is 5.09. The van der Waals surface area contributed by atoms with Crippen molar-refractivity contribution in [3.63, 3.8) is 0 Å². The van der Waals surface area contributed by atoms with E-state index in [9.17, 15) is 13.2 Å². The lowest BCUT2D eigenvalue weighted by Gasteiger charge is -2.18. The number of carbonyl (C=O) groups is 1. The van der Waals surface area contributed by atoms with E-state index in [0.29, 0.717) is 0 Å². The van der Waals surface area contributed by atoms with Crippen LogP contribution in [0.1, 0.15) is 47.0 Å². The van der Waals surface area contributed by atoms with Crippen molar-refractivity contribution in [2.45, 2.75) is 57.7 Å². The van der Waals surface area contributed by atoms with Crippen molar-refractivity contribution in [2.24, 2.45) is 5.73 Å². The standard InChI is InChI=1S/C11H23NO3S/c1-5-9(12)8-10(13)6-7-16(14,15)11(2,3)4/h9H,5-8,12H2,1-4H3. The molecule has 0 aliphatic carbocycles. The molecular formula is C11H23NO3S. The molecular weight excluding hydrogens is 226 g/mol. The summed E-state index contributed by atoms with van der Waals surface area (Å²) in [7, 11) is -3.20. The highest BCUT2D eigenvalue weighted by molar-refractivity contribution is 7.92. The van der Waals surface area contributed by atoms with E-state index in [-0.39, 0.29) is 30.4 Å². The molecule has 0 aliphatic rings. The third-order valence-corrected chi connectivity index (χ3v) is 5.20. The van der Waals surface area contributed by atoms with Crippen LogP contribution in [0.25, 0.3) is 0 Å². The Morgan fingerprint density at radius 1 is 1.31 bits per heavy atom. The van der Waals surface area contributed by atoms with Crippen LogP contribution >= 0.6 is 0 Å². The molecule has 0 amide bonds. The molecule has 0 saturated carbocycles. The third-order valence-electron chi connectivity index (χ3n) is 2.60. The molecule has 0 heterocycles. The maximum Gasteiger partial charge on any atom is 0.155 e. The van der Waals surface area contributed by atoms with E-state index >= 15 is 0 Å². The Balaban J connectivity index is 4.22. The first kappa shape index (κ1) is 15.6. The topological polar surface area (TPSA) is 77.2 Å². The normalized spacial score (nSPS) is 14.8. The molecule has 5 heteroatoms.